The molecule has 1 aliphatic carbocycles. The number of para-hydroxylation sites is 1. The van der Waals surface area contributed by atoms with Crippen molar-refractivity contribution in [3.8, 4) is 5.75 Å². The van der Waals surface area contributed by atoms with Crippen molar-refractivity contribution in [2.75, 3.05) is 11.9 Å². The summed E-state index contributed by atoms with van der Waals surface area (Å²) in [5.74, 6) is 0.852. The van der Waals surface area contributed by atoms with Crippen molar-refractivity contribution in [2.24, 2.45) is 0 Å². The van der Waals surface area contributed by atoms with Gasteiger partial charge in [-0.25, -0.2) is 0 Å². The van der Waals surface area contributed by atoms with Crippen molar-refractivity contribution in [1.82, 2.24) is 0 Å². The van der Waals surface area contributed by atoms with Crippen LogP contribution in [0.1, 0.15) is 55.4 Å². The van der Waals surface area contributed by atoms with Crippen molar-refractivity contribution >= 4 is 11.6 Å². The third-order valence-electron chi connectivity index (χ3n) is 4.65. The molecular weight excluding hydrogens is 314 g/mol. The SMILES string of the molecule is CC(C)c1ccccc1NC(=O)COc1cccc2c1CCC[C@H]2O. The van der Waals surface area contributed by atoms with Crippen LogP contribution in [-0.2, 0) is 11.2 Å². The van der Waals surface area contributed by atoms with Gasteiger partial charge in [0, 0.05) is 5.69 Å². The predicted molar refractivity (Wildman–Crippen MR) is 99.0 cm³/mol. The van der Waals surface area contributed by atoms with E-state index < -0.39 is 6.10 Å². The van der Waals surface area contributed by atoms with Gasteiger partial charge in [-0.05, 0) is 54.0 Å². The molecule has 0 unspecified atom stereocenters. The Kier molecular flexibility index (Phi) is 5.39. The predicted octanol–water partition coefficient (Wildman–Crippen LogP) is 4.20. The fourth-order valence-corrected chi connectivity index (χ4v) is 3.37. The van der Waals surface area contributed by atoms with Crippen LogP contribution in [0.15, 0.2) is 42.5 Å². The van der Waals surface area contributed by atoms with E-state index in [9.17, 15) is 9.90 Å². The summed E-state index contributed by atoms with van der Waals surface area (Å²) < 4.78 is 5.76. The smallest absolute Gasteiger partial charge is 0.262 e. The maximum Gasteiger partial charge on any atom is 0.262 e. The molecule has 0 heterocycles. The van der Waals surface area contributed by atoms with E-state index in [4.69, 9.17) is 4.74 Å². The van der Waals surface area contributed by atoms with E-state index in [0.29, 0.717) is 11.7 Å². The number of amides is 1. The standard InChI is InChI=1S/C21H25NO3/c1-14(2)15-7-3-4-10-18(15)22-21(24)13-25-20-12-6-8-16-17(20)9-5-11-19(16)23/h3-4,6-8,10,12,14,19,23H,5,9,11,13H2,1-2H3,(H,22,24)/t19-/m1/s1. The fourth-order valence-electron chi connectivity index (χ4n) is 3.37. The van der Waals surface area contributed by atoms with Crippen LogP contribution in [0.2, 0.25) is 0 Å². The number of benzene rings is 2. The minimum atomic E-state index is -0.431. The molecular formula is C21H25NO3. The largest absolute Gasteiger partial charge is 0.483 e. The molecule has 0 aliphatic heterocycles. The topological polar surface area (TPSA) is 58.6 Å². The molecule has 2 N–H and O–H groups in total. The van der Waals surface area contributed by atoms with Crippen LogP contribution in [0, 0.1) is 0 Å². The second-order valence-electron chi connectivity index (χ2n) is 6.81. The quantitative estimate of drug-likeness (QED) is 0.858. The number of hydrogen-bond acceptors (Lipinski definition) is 3. The molecule has 4 nitrogen and oxygen atoms in total. The van der Waals surface area contributed by atoms with Gasteiger partial charge in [-0.2, -0.15) is 0 Å². The second-order valence-corrected chi connectivity index (χ2v) is 6.81. The lowest BCUT2D eigenvalue weighted by Gasteiger charge is -2.23. The third-order valence-corrected chi connectivity index (χ3v) is 4.65. The van der Waals surface area contributed by atoms with Gasteiger partial charge in [0.2, 0.25) is 0 Å². The molecule has 1 aliphatic rings. The molecule has 0 saturated carbocycles. The number of carbonyl (C=O) groups excluding carboxylic acids is 1. The van der Waals surface area contributed by atoms with Crippen LogP contribution in [0.5, 0.6) is 5.75 Å². The zero-order valence-corrected chi connectivity index (χ0v) is 14.8. The highest BCUT2D eigenvalue weighted by molar-refractivity contribution is 5.92. The Morgan fingerprint density at radius 3 is 2.84 bits per heavy atom. The van der Waals surface area contributed by atoms with Gasteiger partial charge in [0.1, 0.15) is 5.75 Å². The van der Waals surface area contributed by atoms with E-state index in [1.165, 1.54) is 0 Å². The van der Waals surface area contributed by atoms with Crippen LogP contribution >= 0.6 is 0 Å². The summed E-state index contributed by atoms with van der Waals surface area (Å²) in [7, 11) is 0. The Morgan fingerprint density at radius 2 is 2.04 bits per heavy atom. The van der Waals surface area contributed by atoms with Crippen molar-refractivity contribution in [1.29, 1.82) is 0 Å². The highest BCUT2D eigenvalue weighted by Crippen LogP contribution is 2.35. The van der Waals surface area contributed by atoms with E-state index >= 15 is 0 Å². The Labute approximate surface area is 148 Å². The number of aliphatic hydroxyl groups is 1. The summed E-state index contributed by atoms with van der Waals surface area (Å²) in [6.07, 6.45) is 2.16. The maximum absolute atomic E-state index is 12.3. The zero-order chi connectivity index (χ0) is 17.8. The van der Waals surface area contributed by atoms with Crippen molar-refractivity contribution in [3.05, 3.63) is 59.2 Å². The van der Waals surface area contributed by atoms with Gasteiger partial charge < -0.3 is 15.2 Å². The lowest BCUT2D eigenvalue weighted by atomic mass is 9.89. The second kappa shape index (κ2) is 7.70. The first-order valence-corrected chi connectivity index (χ1v) is 8.87. The summed E-state index contributed by atoms with van der Waals surface area (Å²) in [6.45, 7) is 4.16. The molecule has 0 spiro atoms. The zero-order valence-electron chi connectivity index (χ0n) is 14.8. The first-order chi connectivity index (χ1) is 12.1. The van der Waals surface area contributed by atoms with E-state index in [-0.39, 0.29) is 12.5 Å². The number of aliphatic hydroxyl groups excluding tert-OH is 1. The van der Waals surface area contributed by atoms with Gasteiger partial charge in [0.25, 0.3) is 5.91 Å². The number of nitrogens with one attached hydrogen (secondary N) is 1. The van der Waals surface area contributed by atoms with Gasteiger partial charge >= 0.3 is 0 Å². The number of carbonyl (C=O) groups is 1. The summed E-state index contributed by atoms with van der Waals surface area (Å²) in [5, 5.41) is 13.0. The highest BCUT2D eigenvalue weighted by Gasteiger charge is 2.21. The van der Waals surface area contributed by atoms with Crippen LogP contribution in [0.4, 0.5) is 5.69 Å². The molecule has 4 heteroatoms. The van der Waals surface area contributed by atoms with Gasteiger partial charge in [0.15, 0.2) is 6.61 Å². The molecule has 0 aromatic heterocycles. The minimum absolute atomic E-state index is 0.0427. The first kappa shape index (κ1) is 17.5. The van der Waals surface area contributed by atoms with Gasteiger partial charge in [-0.3, -0.25) is 4.79 Å². The molecule has 1 atom stereocenters. The number of ether oxygens (including phenoxy) is 1. The lowest BCUT2D eigenvalue weighted by molar-refractivity contribution is -0.118. The molecule has 3 rings (SSSR count). The Bertz CT molecular complexity index is 755. The summed E-state index contributed by atoms with van der Waals surface area (Å²) in [4.78, 5) is 12.3. The van der Waals surface area contributed by atoms with E-state index in [0.717, 1.165) is 41.6 Å². The Hall–Kier alpha value is -2.33. The minimum Gasteiger partial charge on any atom is -0.483 e. The molecule has 132 valence electrons. The molecule has 25 heavy (non-hydrogen) atoms. The van der Waals surface area contributed by atoms with Crippen molar-refractivity contribution in [3.63, 3.8) is 0 Å². The van der Waals surface area contributed by atoms with Gasteiger partial charge in [-0.1, -0.05) is 44.2 Å². The normalized spacial score (nSPS) is 16.4. The Balaban J connectivity index is 1.67. The van der Waals surface area contributed by atoms with Crippen molar-refractivity contribution < 1.29 is 14.6 Å². The monoisotopic (exact) mass is 339 g/mol. The molecule has 2 aromatic carbocycles. The molecule has 2 aromatic rings. The fraction of sp³-hybridized carbons (Fsp3) is 0.381. The maximum atomic E-state index is 12.3. The number of fused-ring (bicyclic) bond motifs is 1. The van der Waals surface area contributed by atoms with E-state index in [2.05, 4.69) is 19.2 Å². The molecule has 1 amide bonds. The summed E-state index contributed by atoms with van der Waals surface area (Å²) in [6, 6.07) is 13.5. The molecule has 0 saturated heterocycles. The molecule has 0 fully saturated rings. The summed E-state index contributed by atoms with van der Waals surface area (Å²) in [5.41, 5.74) is 3.89. The Morgan fingerprint density at radius 1 is 1.24 bits per heavy atom. The van der Waals surface area contributed by atoms with E-state index in [1.54, 1.807) is 0 Å². The molecule has 0 bridgehead atoms. The van der Waals surface area contributed by atoms with Crippen molar-refractivity contribution in [2.45, 2.75) is 45.1 Å². The number of anilines is 1. The van der Waals surface area contributed by atoms with Crippen LogP contribution in [0.25, 0.3) is 0 Å². The van der Waals surface area contributed by atoms with Crippen LogP contribution in [0.3, 0.4) is 0 Å². The highest BCUT2D eigenvalue weighted by atomic mass is 16.5. The average molecular weight is 339 g/mol. The summed E-state index contributed by atoms with van der Waals surface area (Å²) >= 11 is 0. The van der Waals surface area contributed by atoms with Crippen LogP contribution in [-0.4, -0.2) is 17.6 Å². The third kappa shape index (κ3) is 4.02. The number of rotatable bonds is 5. The van der Waals surface area contributed by atoms with Gasteiger partial charge in [0.05, 0.1) is 6.10 Å². The van der Waals surface area contributed by atoms with Crippen LogP contribution < -0.4 is 10.1 Å². The molecule has 0 radical (unpaired) electrons. The average Bonchev–Trinajstić information content (AvgIpc) is 2.60. The van der Waals surface area contributed by atoms with Gasteiger partial charge in [-0.15, -0.1) is 0 Å². The van der Waals surface area contributed by atoms with E-state index in [1.807, 2.05) is 42.5 Å². The first-order valence-electron chi connectivity index (χ1n) is 8.87. The number of hydrogen-bond donors (Lipinski definition) is 2. The lowest BCUT2D eigenvalue weighted by Crippen LogP contribution is -2.22.